The highest BCUT2D eigenvalue weighted by atomic mass is 79.9. The highest BCUT2D eigenvalue weighted by Gasteiger charge is 1.99. The van der Waals surface area contributed by atoms with Crippen LogP contribution >= 0.6 is 27.3 Å². The van der Waals surface area contributed by atoms with Gasteiger partial charge in [0, 0.05) is 11.6 Å². The maximum atomic E-state index is 5.15. The Balaban J connectivity index is 2.03. The van der Waals surface area contributed by atoms with Crippen LogP contribution in [0.4, 0.5) is 5.13 Å². The van der Waals surface area contributed by atoms with Gasteiger partial charge in [-0.2, -0.15) is 5.10 Å². The van der Waals surface area contributed by atoms with Crippen LogP contribution in [0.2, 0.25) is 0 Å². The number of nitrogens with zero attached hydrogens (tertiary/aromatic N) is 2. The van der Waals surface area contributed by atoms with Gasteiger partial charge in [0.05, 0.1) is 17.8 Å². The topological polar surface area (TPSA) is 46.5 Å². The van der Waals surface area contributed by atoms with Crippen molar-refractivity contribution in [1.29, 1.82) is 0 Å². The van der Waals surface area contributed by atoms with Gasteiger partial charge in [0.25, 0.3) is 0 Å². The molecule has 0 saturated heterocycles. The van der Waals surface area contributed by atoms with Crippen LogP contribution in [0.1, 0.15) is 5.56 Å². The van der Waals surface area contributed by atoms with Crippen LogP contribution in [0.3, 0.4) is 0 Å². The van der Waals surface area contributed by atoms with Crippen molar-refractivity contribution in [2.75, 3.05) is 12.5 Å². The number of methoxy groups -OCH3 is 1. The van der Waals surface area contributed by atoms with Crippen LogP contribution in [0.25, 0.3) is 0 Å². The van der Waals surface area contributed by atoms with Gasteiger partial charge in [0.2, 0.25) is 5.13 Å². The lowest BCUT2D eigenvalue weighted by molar-refractivity contribution is 0.412. The van der Waals surface area contributed by atoms with E-state index in [-0.39, 0.29) is 0 Å². The van der Waals surface area contributed by atoms with Crippen LogP contribution in [-0.4, -0.2) is 18.3 Å². The predicted molar refractivity (Wildman–Crippen MR) is 74.0 cm³/mol. The molecule has 1 N–H and O–H groups in total. The molecule has 0 bridgehead atoms. The van der Waals surface area contributed by atoms with Crippen molar-refractivity contribution in [2.24, 2.45) is 5.10 Å². The molecule has 0 aliphatic rings. The zero-order valence-corrected chi connectivity index (χ0v) is 11.5. The smallest absolute Gasteiger partial charge is 0.203 e. The number of hydrogen-bond acceptors (Lipinski definition) is 5. The van der Waals surface area contributed by atoms with Crippen LogP contribution in [0, 0.1) is 0 Å². The molecule has 0 fully saturated rings. The number of halogens is 1. The van der Waals surface area contributed by atoms with Gasteiger partial charge in [0.1, 0.15) is 5.75 Å². The standard InChI is InChI=1S/C11H10BrN3OS/c1-16-10-3-2-8(6-9(10)12)7-14-15-11-13-4-5-17-11/h2-7H,1H3,(H,13,15)/b14-7-. The van der Waals surface area contributed by atoms with Crippen LogP contribution in [0.5, 0.6) is 5.75 Å². The van der Waals surface area contributed by atoms with Crippen molar-refractivity contribution < 1.29 is 4.74 Å². The third-order valence-electron chi connectivity index (χ3n) is 1.98. The molecule has 0 aliphatic carbocycles. The Morgan fingerprint density at radius 2 is 2.41 bits per heavy atom. The molecule has 6 heteroatoms. The highest BCUT2D eigenvalue weighted by molar-refractivity contribution is 9.10. The molecule has 88 valence electrons. The van der Waals surface area contributed by atoms with Crippen LogP contribution in [0.15, 0.2) is 39.4 Å². The minimum atomic E-state index is 0.772. The molecule has 1 aromatic heterocycles. The van der Waals surface area contributed by atoms with E-state index in [0.29, 0.717) is 0 Å². The minimum absolute atomic E-state index is 0.772. The number of hydrazone groups is 1. The Morgan fingerprint density at radius 3 is 3.06 bits per heavy atom. The second-order valence-electron chi connectivity index (χ2n) is 3.10. The first-order chi connectivity index (χ1) is 8.29. The summed E-state index contributed by atoms with van der Waals surface area (Å²) >= 11 is 4.92. The molecule has 1 heterocycles. The average Bonchev–Trinajstić information content (AvgIpc) is 2.82. The van der Waals surface area contributed by atoms with Gasteiger partial charge in [-0.1, -0.05) is 0 Å². The first kappa shape index (κ1) is 12.1. The fourth-order valence-corrected chi connectivity index (χ4v) is 2.24. The van der Waals surface area contributed by atoms with Crippen molar-refractivity contribution in [3.8, 4) is 5.75 Å². The highest BCUT2D eigenvalue weighted by Crippen LogP contribution is 2.24. The molecule has 0 atom stereocenters. The molecule has 17 heavy (non-hydrogen) atoms. The maximum Gasteiger partial charge on any atom is 0.203 e. The summed E-state index contributed by atoms with van der Waals surface area (Å²) < 4.78 is 6.05. The number of ether oxygens (including phenoxy) is 1. The van der Waals surface area contributed by atoms with E-state index in [1.165, 1.54) is 11.3 Å². The summed E-state index contributed by atoms with van der Waals surface area (Å²) in [6, 6.07) is 5.75. The fourth-order valence-electron chi connectivity index (χ4n) is 1.20. The van der Waals surface area contributed by atoms with E-state index in [1.807, 2.05) is 23.6 Å². The zero-order valence-electron chi connectivity index (χ0n) is 9.05. The number of aromatic nitrogens is 1. The summed E-state index contributed by atoms with van der Waals surface area (Å²) in [5, 5.41) is 6.75. The van der Waals surface area contributed by atoms with E-state index in [9.17, 15) is 0 Å². The fraction of sp³-hybridized carbons (Fsp3) is 0.0909. The Bertz CT molecular complexity index is 513. The molecule has 0 amide bonds. The van der Waals surface area contributed by atoms with Gasteiger partial charge in [-0.15, -0.1) is 11.3 Å². The minimum Gasteiger partial charge on any atom is -0.496 e. The number of rotatable bonds is 4. The number of thiazole rings is 1. The summed E-state index contributed by atoms with van der Waals surface area (Å²) in [7, 11) is 1.64. The number of nitrogens with one attached hydrogen (secondary N) is 1. The van der Waals surface area contributed by atoms with E-state index in [2.05, 4.69) is 31.4 Å². The lowest BCUT2D eigenvalue weighted by Crippen LogP contribution is -1.91. The average molecular weight is 312 g/mol. The molecule has 2 rings (SSSR count). The Morgan fingerprint density at radius 1 is 1.53 bits per heavy atom. The normalized spacial score (nSPS) is 10.7. The maximum absolute atomic E-state index is 5.15. The summed E-state index contributed by atoms with van der Waals surface area (Å²) in [5.74, 6) is 0.801. The molecule has 4 nitrogen and oxygen atoms in total. The second-order valence-corrected chi connectivity index (χ2v) is 4.85. The number of anilines is 1. The van der Waals surface area contributed by atoms with Crippen LogP contribution in [-0.2, 0) is 0 Å². The van der Waals surface area contributed by atoms with Gasteiger partial charge < -0.3 is 4.74 Å². The van der Waals surface area contributed by atoms with E-state index < -0.39 is 0 Å². The van der Waals surface area contributed by atoms with Crippen LogP contribution < -0.4 is 10.2 Å². The van der Waals surface area contributed by atoms with Gasteiger partial charge in [-0.25, -0.2) is 4.98 Å². The first-order valence-electron chi connectivity index (χ1n) is 4.81. The van der Waals surface area contributed by atoms with Crippen molar-refractivity contribution in [3.63, 3.8) is 0 Å². The molecule has 0 unspecified atom stereocenters. The first-order valence-corrected chi connectivity index (χ1v) is 6.49. The molecule has 2 aromatic rings. The second kappa shape index (κ2) is 5.79. The summed E-state index contributed by atoms with van der Waals surface area (Å²) in [6.07, 6.45) is 3.46. The third-order valence-corrected chi connectivity index (χ3v) is 3.28. The van der Waals surface area contributed by atoms with Crippen molar-refractivity contribution in [3.05, 3.63) is 39.8 Å². The Hall–Kier alpha value is -1.40. The van der Waals surface area contributed by atoms with E-state index >= 15 is 0 Å². The quantitative estimate of drug-likeness (QED) is 0.695. The summed E-state index contributed by atoms with van der Waals surface area (Å²) in [5.41, 5.74) is 3.83. The lowest BCUT2D eigenvalue weighted by Gasteiger charge is -2.02. The largest absolute Gasteiger partial charge is 0.496 e. The third kappa shape index (κ3) is 3.28. The van der Waals surface area contributed by atoms with E-state index in [0.717, 1.165) is 20.9 Å². The number of hydrogen-bond donors (Lipinski definition) is 1. The molecular weight excluding hydrogens is 302 g/mol. The lowest BCUT2D eigenvalue weighted by atomic mass is 10.2. The molecule has 0 aliphatic heterocycles. The van der Waals surface area contributed by atoms with Gasteiger partial charge >= 0.3 is 0 Å². The predicted octanol–water partition coefficient (Wildman–Crippen LogP) is 3.36. The van der Waals surface area contributed by atoms with Crippen molar-refractivity contribution in [1.82, 2.24) is 4.98 Å². The van der Waals surface area contributed by atoms with Crippen molar-refractivity contribution in [2.45, 2.75) is 0 Å². The van der Waals surface area contributed by atoms with Gasteiger partial charge in [0.15, 0.2) is 0 Å². The van der Waals surface area contributed by atoms with Gasteiger partial charge in [-0.3, -0.25) is 5.43 Å². The monoisotopic (exact) mass is 311 g/mol. The molecule has 0 radical (unpaired) electrons. The number of benzene rings is 1. The Labute approximate surface area is 111 Å². The SMILES string of the molecule is COc1ccc(/C=N\Nc2nccs2)cc1Br. The van der Waals surface area contributed by atoms with E-state index in [1.54, 1.807) is 19.5 Å². The molecular formula is C11H10BrN3OS. The molecule has 0 spiro atoms. The van der Waals surface area contributed by atoms with E-state index in [4.69, 9.17) is 4.74 Å². The summed E-state index contributed by atoms with van der Waals surface area (Å²) in [6.45, 7) is 0. The summed E-state index contributed by atoms with van der Waals surface area (Å²) in [4.78, 5) is 4.06. The zero-order chi connectivity index (χ0) is 12.1. The van der Waals surface area contributed by atoms with Crippen molar-refractivity contribution >= 4 is 38.6 Å². The molecule has 0 saturated carbocycles. The van der Waals surface area contributed by atoms with Gasteiger partial charge in [-0.05, 0) is 39.7 Å². The molecule has 1 aromatic carbocycles. The Kier molecular flexibility index (Phi) is 4.11.